The van der Waals surface area contributed by atoms with E-state index in [0.717, 1.165) is 25.2 Å². The van der Waals surface area contributed by atoms with E-state index in [1.165, 1.54) is 11.9 Å². The second kappa shape index (κ2) is 6.01. The minimum Gasteiger partial charge on any atom is -0.339 e. The van der Waals surface area contributed by atoms with Crippen molar-refractivity contribution in [2.24, 2.45) is 0 Å². The molecular formula is C14H16F4N2O. The van der Waals surface area contributed by atoms with Gasteiger partial charge in [0.2, 0.25) is 0 Å². The van der Waals surface area contributed by atoms with Gasteiger partial charge in [-0.3, -0.25) is 4.79 Å². The highest BCUT2D eigenvalue weighted by Gasteiger charge is 2.36. The fourth-order valence-electron chi connectivity index (χ4n) is 2.47. The van der Waals surface area contributed by atoms with E-state index in [4.69, 9.17) is 0 Å². The fraction of sp³-hybridized carbons (Fsp3) is 0.500. The van der Waals surface area contributed by atoms with Crippen LogP contribution < -0.4 is 5.32 Å². The molecule has 1 saturated heterocycles. The Morgan fingerprint density at radius 1 is 1.29 bits per heavy atom. The number of hydrogen-bond donors (Lipinski definition) is 1. The number of hydrogen-bond acceptors (Lipinski definition) is 2. The maximum atomic E-state index is 14.0. The van der Waals surface area contributed by atoms with Gasteiger partial charge in [0.1, 0.15) is 5.82 Å². The normalized spacial score (nSPS) is 16.8. The van der Waals surface area contributed by atoms with Crippen molar-refractivity contribution in [3.8, 4) is 0 Å². The van der Waals surface area contributed by atoms with Crippen molar-refractivity contribution < 1.29 is 22.4 Å². The molecule has 1 heterocycles. The lowest BCUT2D eigenvalue weighted by molar-refractivity contribution is -0.140. The van der Waals surface area contributed by atoms with E-state index < -0.39 is 29.0 Å². The first-order chi connectivity index (χ1) is 9.82. The van der Waals surface area contributed by atoms with Crippen LogP contribution in [-0.2, 0) is 6.18 Å². The average molecular weight is 304 g/mol. The smallest absolute Gasteiger partial charge is 0.339 e. The molecule has 1 aliphatic rings. The van der Waals surface area contributed by atoms with Crippen LogP contribution in [0.25, 0.3) is 0 Å². The number of rotatable bonds is 2. The van der Waals surface area contributed by atoms with Crippen molar-refractivity contribution in [3.05, 3.63) is 35.1 Å². The Labute approximate surface area is 119 Å². The number of alkyl halides is 3. The number of halogens is 4. The maximum absolute atomic E-state index is 14.0. The molecule has 1 N–H and O–H groups in total. The second-order valence-corrected chi connectivity index (χ2v) is 5.06. The van der Waals surface area contributed by atoms with Gasteiger partial charge in [-0.1, -0.05) is 6.07 Å². The summed E-state index contributed by atoms with van der Waals surface area (Å²) in [5.41, 5.74) is -1.95. The third kappa shape index (κ3) is 3.34. The van der Waals surface area contributed by atoms with Gasteiger partial charge >= 0.3 is 6.18 Å². The Morgan fingerprint density at radius 2 is 1.90 bits per heavy atom. The van der Waals surface area contributed by atoms with Gasteiger partial charge in [0.15, 0.2) is 0 Å². The van der Waals surface area contributed by atoms with E-state index in [1.54, 1.807) is 0 Å². The Morgan fingerprint density at radius 3 is 2.48 bits per heavy atom. The van der Waals surface area contributed by atoms with Crippen molar-refractivity contribution >= 4 is 5.91 Å². The monoisotopic (exact) mass is 304 g/mol. The molecule has 0 aliphatic carbocycles. The predicted octanol–water partition coefficient (Wildman–Crippen LogP) is 2.67. The Kier molecular flexibility index (Phi) is 4.51. The number of nitrogens with one attached hydrogen (secondary N) is 1. The zero-order valence-electron chi connectivity index (χ0n) is 11.5. The van der Waals surface area contributed by atoms with Gasteiger partial charge < -0.3 is 10.2 Å². The number of benzene rings is 1. The molecule has 1 amide bonds. The first-order valence-electron chi connectivity index (χ1n) is 6.66. The summed E-state index contributed by atoms with van der Waals surface area (Å²) in [7, 11) is 1.50. The number of amides is 1. The SMILES string of the molecule is CN(C(=O)c1cccc(C(F)(F)F)c1F)C1CCNCC1. The van der Waals surface area contributed by atoms with Gasteiger partial charge in [0, 0.05) is 13.1 Å². The predicted molar refractivity (Wildman–Crippen MR) is 69.4 cm³/mol. The molecule has 0 radical (unpaired) electrons. The molecule has 2 rings (SSSR count). The Balaban J connectivity index is 2.27. The van der Waals surface area contributed by atoms with E-state index in [9.17, 15) is 22.4 Å². The van der Waals surface area contributed by atoms with Crippen molar-refractivity contribution in [1.29, 1.82) is 0 Å². The molecule has 0 unspecified atom stereocenters. The lowest BCUT2D eigenvalue weighted by atomic mass is 10.0. The van der Waals surface area contributed by atoms with Gasteiger partial charge in [-0.25, -0.2) is 4.39 Å². The molecule has 7 heteroatoms. The minimum absolute atomic E-state index is 0.0901. The van der Waals surface area contributed by atoms with Crippen molar-refractivity contribution in [3.63, 3.8) is 0 Å². The molecule has 0 spiro atoms. The molecule has 0 aromatic heterocycles. The quantitative estimate of drug-likeness (QED) is 0.852. The van der Waals surface area contributed by atoms with Crippen LogP contribution in [-0.4, -0.2) is 37.0 Å². The maximum Gasteiger partial charge on any atom is 0.419 e. The van der Waals surface area contributed by atoms with E-state index >= 15 is 0 Å². The lowest BCUT2D eigenvalue weighted by Crippen LogP contribution is -2.44. The lowest BCUT2D eigenvalue weighted by Gasteiger charge is -2.31. The molecule has 1 aromatic rings. The van der Waals surface area contributed by atoms with Gasteiger partial charge in [-0.2, -0.15) is 13.2 Å². The molecule has 0 atom stereocenters. The minimum atomic E-state index is -4.81. The van der Waals surface area contributed by atoms with E-state index in [1.807, 2.05) is 0 Å². The molecule has 0 bridgehead atoms. The molecule has 1 aromatic carbocycles. The third-order valence-electron chi connectivity index (χ3n) is 3.71. The van der Waals surface area contributed by atoms with Crippen LogP contribution in [0.15, 0.2) is 18.2 Å². The highest BCUT2D eigenvalue weighted by molar-refractivity contribution is 5.94. The molecule has 0 saturated carbocycles. The summed E-state index contributed by atoms with van der Waals surface area (Å²) in [6.45, 7) is 1.46. The van der Waals surface area contributed by atoms with Crippen LogP contribution in [0.5, 0.6) is 0 Å². The summed E-state index contributed by atoms with van der Waals surface area (Å²) in [4.78, 5) is 13.6. The molecule has 116 valence electrons. The van der Waals surface area contributed by atoms with Crippen LogP contribution in [0.2, 0.25) is 0 Å². The summed E-state index contributed by atoms with van der Waals surface area (Å²) in [5, 5.41) is 3.13. The fourth-order valence-corrected chi connectivity index (χ4v) is 2.47. The summed E-state index contributed by atoms with van der Waals surface area (Å²) in [6, 6.07) is 2.68. The number of piperidine rings is 1. The van der Waals surface area contributed by atoms with Gasteiger partial charge in [0.25, 0.3) is 5.91 Å². The number of nitrogens with zero attached hydrogens (tertiary/aromatic N) is 1. The van der Waals surface area contributed by atoms with Gasteiger partial charge in [-0.05, 0) is 38.1 Å². The molecule has 21 heavy (non-hydrogen) atoms. The zero-order valence-corrected chi connectivity index (χ0v) is 11.5. The number of carbonyl (C=O) groups is 1. The highest BCUT2D eigenvalue weighted by Crippen LogP contribution is 2.32. The largest absolute Gasteiger partial charge is 0.419 e. The first-order valence-corrected chi connectivity index (χ1v) is 6.66. The van der Waals surface area contributed by atoms with Crippen LogP contribution in [0.3, 0.4) is 0 Å². The zero-order chi connectivity index (χ0) is 15.6. The summed E-state index contributed by atoms with van der Waals surface area (Å²) < 4.78 is 52.0. The van der Waals surface area contributed by atoms with Gasteiger partial charge in [-0.15, -0.1) is 0 Å². The average Bonchev–Trinajstić information content (AvgIpc) is 2.45. The Hall–Kier alpha value is -1.63. The van der Waals surface area contributed by atoms with E-state index in [0.29, 0.717) is 18.9 Å². The van der Waals surface area contributed by atoms with Crippen LogP contribution in [0.4, 0.5) is 17.6 Å². The van der Waals surface area contributed by atoms with Crippen LogP contribution in [0.1, 0.15) is 28.8 Å². The van der Waals surface area contributed by atoms with Gasteiger partial charge in [0.05, 0.1) is 11.1 Å². The molecular weight excluding hydrogens is 288 g/mol. The third-order valence-corrected chi connectivity index (χ3v) is 3.71. The summed E-state index contributed by atoms with van der Waals surface area (Å²) in [6.07, 6.45) is -3.42. The first kappa shape index (κ1) is 15.8. The van der Waals surface area contributed by atoms with E-state index in [-0.39, 0.29) is 6.04 Å². The summed E-state index contributed by atoms with van der Waals surface area (Å²) in [5.74, 6) is -2.22. The Bertz CT molecular complexity index is 524. The second-order valence-electron chi connectivity index (χ2n) is 5.06. The van der Waals surface area contributed by atoms with Crippen molar-refractivity contribution in [1.82, 2.24) is 10.2 Å². The van der Waals surface area contributed by atoms with Crippen molar-refractivity contribution in [2.45, 2.75) is 25.1 Å². The van der Waals surface area contributed by atoms with E-state index in [2.05, 4.69) is 5.32 Å². The van der Waals surface area contributed by atoms with Crippen molar-refractivity contribution in [2.75, 3.05) is 20.1 Å². The highest BCUT2D eigenvalue weighted by atomic mass is 19.4. The van der Waals surface area contributed by atoms with Crippen LogP contribution in [0, 0.1) is 5.82 Å². The van der Waals surface area contributed by atoms with Crippen LogP contribution >= 0.6 is 0 Å². The standard InChI is InChI=1S/C14H16F4N2O/c1-20(9-5-7-19-8-6-9)13(21)10-3-2-4-11(12(10)15)14(16,17)18/h2-4,9,19H,5-8H2,1H3. The summed E-state index contributed by atoms with van der Waals surface area (Å²) >= 11 is 0. The number of carbonyl (C=O) groups excluding carboxylic acids is 1. The molecule has 1 fully saturated rings. The molecule has 1 aliphatic heterocycles. The molecule has 3 nitrogen and oxygen atoms in total. The topological polar surface area (TPSA) is 32.3 Å².